The highest BCUT2D eigenvalue weighted by atomic mass is 16.4. The Morgan fingerprint density at radius 1 is 1.55 bits per heavy atom. The smallest absolute Gasteiger partial charge is 0.339 e. The van der Waals surface area contributed by atoms with E-state index < -0.39 is 12.0 Å². The van der Waals surface area contributed by atoms with Crippen LogP contribution >= 0.6 is 0 Å². The first-order valence-corrected chi connectivity index (χ1v) is 6.26. The molecule has 2 N–H and O–H groups in total. The topological polar surface area (TPSA) is 105 Å². The molecule has 1 aliphatic rings. The molecule has 1 unspecified atom stereocenters. The maximum Gasteiger partial charge on any atom is 0.339 e. The van der Waals surface area contributed by atoms with Gasteiger partial charge in [0.25, 0.3) is 0 Å². The van der Waals surface area contributed by atoms with Crippen molar-refractivity contribution in [3.8, 4) is 0 Å². The third-order valence-corrected chi connectivity index (χ3v) is 3.38. The molecule has 2 amide bonds. The SMILES string of the molecule is CCC1C(=O)NC(=O)CN1Cc1c(C(=O)O)cnn1C. The summed E-state index contributed by atoms with van der Waals surface area (Å²) < 4.78 is 1.45. The highest BCUT2D eigenvalue weighted by molar-refractivity contribution is 6.01. The van der Waals surface area contributed by atoms with E-state index in [0.717, 1.165) is 0 Å². The lowest BCUT2D eigenvalue weighted by atomic mass is 10.1. The van der Waals surface area contributed by atoms with Crippen molar-refractivity contribution in [2.75, 3.05) is 6.54 Å². The van der Waals surface area contributed by atoms with Crippen LogP contribution in [0, 0.1) is 0 Å². The van der Waals surface area contributed by atoms with Crippen molar-refractivity contribution < 1.29 is 19.5 Å². The monoisotopic (exact) mass is 280 g/mol. The molecule has 0 bridgehead atoms. The molecule has 0 aromatic carbocycles. The quantitative estimate of drug-likeness (QED) is 0.711. The number of carboxylic acid groups (broad SMARTS) is 1. The molecular formula is C12H16N4O4. The van der Waals surface area contributed by atoms with Crippen molar-refractivity contribution in [2.45, 2.75) is 25.9 Å². The second kappa shape index (κ2) is 5.41. The number of nitrogens with one attached hydrogen (secondary N) is 1. The lowest BCUT2D eigenvalue weighted by Crippen LogP contribution is -2.57. The van der Waals surface area contributed by atoms with E-state index >= 15 is 0 Å². The van der Waals surface area contributed by atoms with Gasteiger partial charge in [0.2, 0.25) is 11.8 Å². The number of carboxylic acids is 1. The molecule has 0 aliphatic carbocycles. The fraction of sp³-hybridized carbons (Fsp3) is 0.500. The molecule has 8 nitrogen and oxygen atoms in total. The van der Waals surface area contributed by atoms with Crippen LogP contribution in [-0.4, -0.2) is 50.2 Å². The fourth-order valence-electron chi connectivity index (χ4n) is 2.35. The summed E-state index contributed by atoms with van der Waals surface area (Å²) in [6.45, 7) is 2.10. The van der Waals surface area contributed by atoms with Gasteiger partial charge in [-0.15, -0.1) is 0 Å². The molecule has 1 aliphatic heterocycles. The van der Waals surface area contributed by atoms with E-state index in [1.165, 1.54) is 10.9 Å². The van der Waals surface area contributed by atoms with Gasteiger partial charge in [0.1, 0.15) is 5.56 Å². The number of amides is 2. The number of piperazine rings is 1. The van der Waals surface area contributed by atoms with Crippen molar-refractivity contribution >= 4 is 17.8 Å². The van der Waals surface area contributed by atoms with E-state index in [1.54, 1.807) is 11.9 Å². The van der Waals surface area contributed by atoms with Gasteiger partial charge in [-0.2, -0.15) is 5.10 Å². The minimum Gasteiger partial charge on any atom is -0.478 e. The largest absolute Gasteiger partial charge is 0.478 e. The van der Waals surface area contributed by atoms with E-state index in [9.17, 15) is 14.4 Å². The number of rotatable bonds is 4. The van der Waals surface area contributed by atoms with Gasteiger partial charge in [-0.1, -0.05) is 6.92 Å². The number of hydrogen-bond donors (Lipinski definition) is 2. The Balaban J connectivity index is 2.27. The molecule has 2 rings (SSSR count). The van der Waals surface area contributed by atoms with Gasteiger partial charge in [-0.25, -0.2) is 4.79 Å². The Morgan fingerprint density at radius 3 is 2.85 bits per heavy atom. The summed E-state index contributed by atoms with van der Waals surface area (Å²) in [6.07, 6.45) is 1.81. The van der Waals surface area contributed by atoms with Gasteiger partial charge in [0.05, 0.1) is 24.5 Å². The van der Waals surface area contributed by atoms with Crippen molar-refractivity contribution in [1.29, 1.82) is 0 Å². The predicted octanol–water partition coefficient (Wildman–Crippen LogP) is -0.645. The number of hydrogen-bond acceptors (Lipinski definition) is 5. The molecule has 1 atom stereocenters. The molecule has 0 radical (unpaired) electrons. The molecule has 108 valence electrons. The number of imide groups is 1. The van der Waals surface area contributed by atoms with Gasteiger partial charge in [-0.3, -0.25) is 24.5 Å². The van der Waals surface area contributed by atoms with Crippen LogP contribution in [0.1, 0.15) is 29.4 Å². The van der Waals surface area contributed by atoms with Gasteiger partial charge in [-0.05, 0) is 6.42 Å². The minimum atomic E-state index is -1.08. The van der Waals surface area contributed by atoms with Crippen LogP contribution in [0.15, 0.2) is 6.20 Å². The molecule has 1 aromatic rings. The Labute approximate surface area is 115 Å². The number of nitrogens with zero attached hydrogens (tertiary/aromatic N) is 3. The zero-order valence-electron chi connectivity index (χ0n) is 11.3. The summed E-state index contributed by atoms with van der Waals surface area (Å²) in [6, 6.07) is -0.441. The fourth-order valence-corrected chi connectivity index (χ4v) is 2.35. The standard InChI is InChI=1S/C12H16N4O4/c1-3-8-11(18)14-10(17)6-16(8)5-9-7(12(19)20)4-13-15(9)2/h4,8H,3,5-6H2,1-2H3,(H,19,20)(H,14,17,18). The minimum absolute atomic E-state index is 0.0640. The van der Waals surface area contributed by atoms with E-state index in [2.05, 4.69) is 10.4 Å². The van der Waals surface area contributed by atoms with Gasteiger partial charge < -0.3 is 5.11 Å². The highest BCUT2D eigenvalue weighted by Gasteiger charge is 2.33. The third kappa shape index (κ3) is 2.55. The Morgan fingerprint density at radius 2 is 2.25 bits per heavy atom. The van der Waals surface area contributed by atoms with E-state index in [0.29, 0.717) is 12.1 Å². The Bertz CT molecular complexity index is 566. The van der Waals surface area contributed by atoms with Crippen LogP contribution in [0.4, 0.5) is 0 Å². The number of aromatic carboxylic acids is 1. The number of aromatic nitrogens is 2. The summed E-state index contributed by atoms with van der Waals surface area (Å²) in [5.74, 6) is -1.80. The zero-order valence-corrected chi connectivity index (χ0v) is 11.3. The van der Waals surface area contributed by atoms with Crippen LogP contribution in [0.5, 0.6) is 0 Å². The Kier molecular flexibility index (Phi) is 3.84. The Hall–Kier alpha value is -2.22. The molecule has 0 spiro atoms. The highest BCUT2D eigenvalue weighted by Crippen LogP contribution is 2.16. The number of carbonyl (C=O) groups excluding carboxylic acids is 2. The summed E-state index contributed by atoms with van der Waals surface area (Å²) in [5, 5.41) is 15.3. The molecule has 1 saturated heterocycles. The molecule has 1 aromatic heterocycles. The first-order chi connectivity index (χ1) is 9.43. The summed E-state index contributed by atoms with van der Waals surface area (Å²) in [7, 11) is 1.63. The summed E-state index contributed by atoms with van der Waals surface area (Å²) in [4.78, 5) is 36.0. The first kappa shape index (κ1) is 14.2. The predicted molar refractivity (Wildman–Crippen MR) is 67.8 cm³/mol. The van der Waals surface area contributed by atoms with Crippen LogP contribution in [-0.2, 0) is 23.2 Å². The zero-order chi connectivity index (χ0) is 14.9. The lowest BCUT2D eigenvalue weighted by molar-refractivity contribution is -0.140. The van der Waals surface area contributed by atoms with Crippen LogP contribution in [0.2, 0.25) is 0 Å². The van der Waals surface area contributed by atoms with E-state index in [4.69, 9.17) is 5.11 Å². The van der Waals surface area contributed by atoms with Crippen molar-refractivity contribution in [3.63, 3.8) is 0 Å². The average molecular weight is 280 g/mol. The molecule has 20 heavy (non-hydrogen) atoms. The van der Waals surface area contributed by atoms with Crippen molar-refractivity contribution in [2.24, 2.45) is 7.05 Å². The van der Waals surface area contributed by atoms with Gasteiger partial charge in [0, 0.05) is 13.6 Å². The summed E-state index contributed by atoms with van der Waals surface area (Å²) in [5.41, 5.74) is 0.555. The number of aryl methyl sites for hydroxylation is 1. The molecule has 2 heterocycles. The second-order valence-corrected chi connectivity index (χ2v) is 4.68. The third-order valence-electron chi connectivity index (χ3n) is 3.38. The average Bonchev–Trinajstić information content (AvgIpc) is 2.71. The van der Waals surface area contributed by atoms with Crippen LogP contribution in [0.25, 0.3) is 0 Å². The van der Waals surface area contributed by atoms with Gasteiger partial charge in [0.15, 0.2) is 0 Å². The maximum atomic E-state index is 11.8. The number of carbonyl (C=O) groups is 3. The summed E-state index contributed by atoms with van der Waals surface area (Å²) >= 11 is 0. The molecule has 1 fully saturated rings. The first-order valence-electron chi connectivity index (χ1n) is 6.26. The van der Waals surface area contributed by atoms with Crippen LogP contribution < -0.4 is 5.32 Å². The molecular weight excluding hydrogens is 264 g/mol. The second-order valence-electron chi connectivity index (χ2n) is 4.68. The molecule has 0 saturated carbocycles. The molecule has 8 heteroatoms. The normalized spacial score (nSPS) is 20.0. The van der Waals surface area contributed by atoms with Crippen LogP contribution in [0.3, 0.4) is 0 Å². The van der Waals surface area contributed by atoms with E-state index in [1.807, 2.05) is 6.92 Å². The lowest BCUT2D eigenvalue weighted by Gasteiger charge is -2.33. The van der Waals surface area contributed by atoms with Gasteiger partial charge >= 0.3 is 5.97 Å². The maximum absolute atomic E-state index is 11.8. The van der Waals surface area contributed by atoms with E-state index in [-0.39, 0.29) is 30.5 Å². The van der Waals surface area contributed by atoms with Crippen molar-refractivity contribution in [3.05, 3.63) is 17.5 Å². The van der Waals surface area contributed by atoms with Crippen molar-refractivity contribution in [1.82, 2.24) is 20.0 Å².